The Morgan fingerprint density at radius 2 is 2.18 bits per heavy atom. The van der Waals surface area contributed by atoms with Crippen molar-refractivity contribution in [1.29, 1.82) is 0 Å². The molecule has 6 nitrogen and oxygen atoms in total. The molecule has 1 aromatic carbocycles. The average molecular weight is 329 g/mol. The summed E-state index contributed by atoms with van der Waals surface area (Å²) in [5, 5.41) is 4.06. The molecule has 1 aromatic heterocycles. The fourth-order valence-electron chi connectivity index (χ4n) is 2.21. The molecule has 0 bridgehead atoms. The zero-order chi connectivity index (χ0) is 15.7. The lowest BCUT2D eigenvalue weighted by Gasteiger charge is -2.08. The Hall–Kier alpha value is -2.00. The first-order valence-electron chi connectivity index (χ1n) is 6.55. The molecule has 0 aliphatic carbocycles. The van der Waals surface area contributed by atoms with Crippen LogP contribution in [0.3, 0.4) is 0 Å². The standard InChI is InChI=1S/C13H13F2N3O3S/c14-9-1-2-12(15)13(5-9)22(19,20)17-10-6-16-18(7-10)11-3-4-21-8-11/h1-2,5-7,11,17H,3-4,8H2. The lowest BCUT2D eigenvalue weighted by atomic mass is 10.3. The number of halogens is 2. The van der Waals surface area contributed by atoms with Crippen molar-refractivity contribution in [2.45, 2.75) is 17.4 Å². The predicted octanol–water partition coefficient (Wildman–Crippen LogP) is 1.92. The number of benzene rings is 1. The van der Waals surface area contributed by atoms with E-state index in [1.807, 2.05) is 0 Å². The van der Waals surface area contributed by atoms with Crippen molar-refractivity contribution in [2.75, 3.05) is 17.9 Å². The predicted molar refractivity (Wildman–Crippen MR) is 73.9 cm³/mol. The summed E-state index contributed by atoms with van der Waals surface area (Å²) in [6.07, 6.45) is 3.59. The highest BCUT2D eigenvalue weighted by atomic mass is 32.2. The van der Waals surface area contributed by atoms with E-state index in [0.717, 1.165) is 18.6 Å². The Bertz CT molecular complexity index is 786. The fraction of sp³-hybridized carbons (Fsp3) is 0.308. The molecule has 22 heavy (non-hydrogen) atoms. The van der Waals surface area contributed by atoms with Crippen LogP contribution in [0.4, 0.5) is 14.5 Å². The third-order valence-electron chi connectivity index (χ3n) is 3.32. The van der Waals surface area contributed by atoms with E-state index in [1.165, 1.54) is 12.4 Å². The molecule has 1 aliphatic heterocycles. The number of hydrogen-bond acceptors (Lipinski definition) is 4. The molecule has 3 rings (SSSR count). The van der Waals surface area contributed by atoms with Gasteiger partial charge in [0.05, 0.1) is 24.5 Å². The third kappa shape index (κ3) is 2.95. The van der Waals surface area contributed by atoms with Crippen LogP contribution in [-0.2, 0) is 14.8 Å². The highest BCUT2D eigenvalue weighted by molar-refractivity contribution is 7.92. The van der Waals surface area contributed by atoms with Crippen LogP contribution in [0.2, 0.25) is 0 Å². The summed E-state index contributed by atoms with van der Waals surface area (Å²) in [5.41, 5.74) is 0.176. The molecule has 118 valence electrons. The molecular weight excluding hydrogens is 316 g/mol. The fourth-order valence-corrected chi connectivity index (χ4v) is 3.33. The molecule has 2 heterocycles. The van der Waals surface area contributed by atoms with Gasteiger partial charge in [-0.15, -0.1) is 0 Å². The Morgan fingerprint density at radius 3 is 2.91 bits per heavy atom. The van der Waals surface area contributed by atoms with Gasteiger partial charge in [-0.2, -0.15) is 5.10 Å². The normalized spacial score (nSPS) is 18.5. The summed E-state index contributed by atoms with van der Waals surface area (Å²) in [6.45, 7) is 1.13. The lowest BCUT2D eigenvalue weighted by Crippen LogP contribution is -2.14. The second-order valence-electron chi connectivity index (χ2n) is 4.91. The molecule has 2 aromatic rings. The first kappa shape index (κ1) is 14.9. The molecule has 1 N–H and O–H groups in total. The van der Waals surface area contributed by atoms with Crippen LogP contribution in [0.25, 0.3) is 0 Å². The highest BCUT2D eigenvalue weighted by Gasteiger charge is 2.22. The van der Waals surface area contributed by atoms with E-state index in [9.17, 15) is 17.2 Å². The number of aromatic nitrogens is 2. The van der Waals surface area contributed by atoms with E-state index in [4.69, 9.17) is 4.74 Å². The maximum absolute atomic E-state index is 13.6. The zero-order valence-corrected chi connectivity index (χ0v) is 12.2. The molecular formula is C13H13F2N3O3S. The molecule has 0 amide bonds. The van der Waals surface area contributed by atoms with E-state index in [-0.39, 0.29) is 11.7 Å². The number of sulfonamides is 1. The minimum absolute atomic E-state index is 0.0455. The zero-order valence-electron chi connectivity index (χ0n) is 11.4. The summed E-state index contributed by atoms with van der Waals surface area (Å²) in [5.74, 6) is -1.86. The largest absolute Gasteiger partial charge is 0.379 e. The van der Waals surface area contributed by atoms with Gasteiger partial charge in [0.25, 0.3) is 10.0 Å². The van der Waals surface area contributed by atoms with Crippen molar-refractivity contribution in [1.82, 2.24) is 9.78 Å². The van der Waals surface area contributed by atoms with Crippen molar-refractivity contribution in [3.63, 3.8) is 0 Å². The van der Waals surface area contributed by atoms with Gasteiger partial charge in [0.15, 0.2) is 0 Å². The van der Waals surface area contributed by atoms with Crippen molar-refractivity contribution < 1.29 is 21.9 Å². The van der Waals surface area contributed by atoms with E-state index in [1.54, 1.807) is 4.68 Å². The Kier molecular flexibility index (Phi) is 3.83. The van der Waals surface area contributed by atoms with Crippen molar-refractivity contribution in [3.05, 3.63) is 42.2 Å². The van der Waals surface area contributed by atoms with Gasteiger partial charge >= 0.3 is 0 Å². The molecule has 1 fully saturated rings. The molecule has 0 saturated carbocycles. The third-order valence-corrected chi connectivity index (χ3v) is 4.71. The van der Waals surface area contributed by atoms with Crippen LogP contribution in [0, 0.1) is 11.6 Å². The molecule has 0 radical (unpaired) electrons. The number of anilines is 1. The van der Waals surface area contributed by atoms with Crippen molar-refractivity contribution in [3.8, 4) is 0 Å². The van der Waals surface area contributed by atoms with Gasteiger partial charge in [-0.1, -0.05) is 0 Å². The SMILES string of the molecule is O=S(=O)(Nc1cnn(C2CCOC2)c1)c1cc(F)ccc1F. The molecule has 1 unspecified atom stereocenters. The quantitative estimate of drug-likeness (QED) is 0.930. The van der Waals surface area contributed by atoms with Gasteiger partial charge in [0, 0.05) is 12.8 Å². The number of hydrogen-bond donors (Lipinski definition) is 1. The Balaban J connectivity index is 1.83. The number of ether oxygens (including phenoxy) is 1. The molecule has 1 saturated heterocycles. The van der Waals surface area contributed by atoms with Crippen LogP contribution in [0.5, 0.6) is 0 Å². The van der Waals surface area contributed by atoms with Gasteiger partial charge < -0.3 is 4.74 Å². The van der Waals surface area contributed by atoms with Crippen LogP contribution >= 0.6 is 0 Å². The monoisotopic (exact) mass is 329 g/mol. The van der Waals surface area contributed by atoms with E-state index >= 15 is 0 Å². The number of nitrogens with zero attached hydrogens (tertiary/aromatic N) is 2. The van der Waals surface area contributed by atoms with Gasteiger partial charge in [0.2, 0.25) is 0 Å². The highest BCUT2D eigenvalue weighted by Crippen LogP contribution is 2.22. The second-order valence-corrected chi connectivity index (χ2v) is 6.56. The maximum Gasteiger partial charge on any atom is 0.265 e. The average Bonchev–Trinajstić information content (AvgIpc) is 3.11. The summed E-state index contributed by atoms with van der Waals surface area (Å²) in [6, 6.07) is 2.30. The molecule has 0 spiro atoms. The topological polar surface area (TPSA) is 73.2 Å². The number of nitrogens with one attached hydrogen (secondary N) is 1. The summed E-state index contributed by atoms with van der Waals surface area (Å²) in [4.78, 5) is -0.746. The Labute approximate surface area is 125 Å². The molecule has 1 atom stereocenters. The first-order chi connectivity index (χ1) is 10.5. The van der Waals surface area contributed by atoms with Crippen LogP contribution in [-0.4, -0.2) is 31.4 Å². The van der Waals surface area contributed by atoms with E-state index < -0.39 is 26.6 Å². The van der Waals surface area contributed by atoms with Gasteiger partial charge in [-0.25, -0.2) is 17.2 Å². The smallest absolute Gasteiger partial charge is 0.265 e. The maximum atomic E-state index is 13.6. The van der Waals surface area contributed by atoms with E-state index in [2.05, 4.69) is 9.82 Å². The van der Waals surface area contributed by atoms with Crippen molar-refractivity contribution in [2.24, 2.45) is 0 Å². The van der Waals surface area contributed by atoms with Crippen LogP contribution in [0.15, 0.2) is 35.5 Å². The van der Waals surface area contributed by atoms with Crippen LogP contribution in [0.1, 0.15) is 12.5 Å². The summed E-state index contributed by atoms with van der Waals surface area (Å²) < 4.78 is 60.0. The minimum atomic E-state index is -4.23. The lowest BCUT2D eigenvalue weighted by molar-refractivity contribution is 0.184. The first-order valence-corrected chi connectivity index (χ1v) is 8.04. The summed E-state index contributed by atoms with van der Waals surface area (Å²) in [7, 11) is -4.23. The Morgan fingerprint density at radius 1 is 1.36 bits per heavy atom. The van der Waals surface area contributed by atoms with Crippen molar-refractivity contribution >= 4 is 15.7 Å². The molecule has 9 heteroatoms. The van der Waals surface area contributed by atoms with Gasteiger partial charge in [0.1, 0.15) is 16.5 Å². The van der Waals surface area contributed by atoms with Crippen LogP contribution < -0.4 is 4.72 Å². The van der Waals surface area contributed by atoms with E-state index in [0.29, 0.717) is 19.3 Å². The second kappa shape index (κ2) is 5.65. The minimum Gasteiger partial charge on any atom is -0.379 e. The van der Waals surface area contributed by atoms with Gasteiger partial charge in [-0.05, 0) is 24.6 Å². The number of rotatable bonds is 4. The molecule has 1 aliphatic rings. The summed E-state index contributed by atoms with van der Waals surface area (Å²) >= 11 is 0. The van der Waals surface area contributed by atoms with Gasteiger partial charge in [-0.3, -0.25) is 9.40 Å².